The number of hydrogen-bond acceptors (Lipinski definition) is 1. The van der Waals surface area contributed by atoms with Crippen LogP contribution in [-0.4, -0.2) is 19.0 Å². The van der Waals surface area contributed by atoms with E-state index >= 15 is 0 Å². The van der Waals surface area contributed by atoms with Crippen molar-refractivity contribution >= 4 is 12.4 Å². The van der Waals surface area contributed by atoms with Crippen molar-refractivity contribution in [3.63, 3.8) is 0 Å². The minimum absolute atomic E-state index is 0.840. The van der Waals surface area contributed by atoms with E-state index in [0.717, 1.165) is 6.54 Å². The molecule has 1 rings (SSSR count). The van der Waals surface area contributed by atoms with Crippen molar-refractivity contribution in [2.45, 2.75) is 0 Å². The van der Waals surface area contributed by atoms with E-state index in [4.69, 9.17) is 0 Å². The van der Waals surface area contributed by atoms with Crippen LogP contribution in [0.25, 0.3) is 0 Å². The van der Waals surface area contributed by atoms with E-state index in [9.17, 15) is 0 Å². The first-order valence-electron chi connectivity index (χ1n) is 2.23. The van der Waals surface area contributed by atoms with Crippen molar-refractivity contribution in [1.29, 1.82) is 0 Å². The summed E-state index contributed by atoms with van der Waals surface area (Å²) >= 11 is 0. The molecule has 0 aromatic heterocycles. The van der Waals surface area contributed by atoms with Crippen molar-refractivity contribution in [3.05, 3.63) is 12.3 Å². The van der Waals surface area contributed by atoms with Crippen LogP contribution in [0.5, 0.6) is 0 Å². The number of rotatable bonds is 0. The molecule has 0 unspecified atom stereocenters. The first-order chi connectivity index (χ1) is 3.50. The van der Waals surface area contributed by atoms with Crippen LogP contribution in [0.1, 0.15) is 0 Å². The van der Waals surface area contributed by atoms with Crippen LogP contribution in [-0.2, 0) is 0 Å². The summed E-state index contributed by atoms with van der Waals surface area (Å²) in [7, 11) is 0. The lowest BCUT2D eigenvalue weighted by Crippen LogP contribution is -2.68. The molecule has 0 spiro atoms. The molecule has 0 aromatic rings. The maximum Gasteiger partial charge on any atom is 0.176 e. The second-order valence-corrected chi connectivity index (χ2v) is 1.25. The summed E-state index contributed by atoms with van der Waals surface area (Å²) in [5.74, 6) is 0. The van der Waals surface area contributed by atoms with Crippen LogP contribution in [0.15, 0.2) is 17.3 Å². The molecule has 0 radical (unpaired) electrons. The highest BCUT2D eigenvalue weighted by molar-refractivity contribution is 5.69. The Morgan fingerprint density at radius 3 is 3.57 bits per heavy atom. The molecule has 2 heteroatoms. The highest BCUT2D eigenvalue weighted by atomic mass is 14.8. The first kappa shape index (κ1) is 4.24. The number of nitrogens with zero attached hydrogens (tertiary/aromatic N) is 1. The Kier molecular flexibility index (Phi) is 1.39. The van der Waals surface area contributed by atoms with E-state index in [-0.39, 0.29) is 0 Å². The lowest BCUT2D eigenvalue weighted by atomic mass is 10.7. The maximum atomic E-state index is 3.87. The molecule has 7 heavy (non-hydrogen) atoms. The fraction of sp³-hybridized carbons (Fsp3) is 0.200. The number of nitrogens with one attached hydrogen (secondary N) is 1. The minimum atomic E-state index is 0.840. The summed E-state index contributed by atoms with van der Waals surface area (Å²) in [5.41, 5.74) is 0. The molecule has 1 aliphatic rings. The summed E-state index contributed by atoms with van der Waals surface area (Å²) < 4.78 is 0. The van der Waals surface area contributed by atoms with Gasteiger partial charge in [-0.3, -0.25) is 4.99 Å². The number of aliphatic imine (C=N–C) groups is 1. The topological polar surface area (TPSA) is 26.3 Å². The second-order valence-electron chi connectivity index (χ2n) is 1.25. The molecule has 0 aliphatic carbocycles. The van der Waals surface area contributed by atoms with Gasteiger partial charge < -0.3 is 0 Å². The van der Waals surface area contributed by atoms with Gasteiger partial charge in [-0.15, -0.1) is 0 Å². The van der Waals surface area contributed by atoms with Crippen LogP contribution in [0.4, 0.5) is 0 Å². The minimum Gasteiger partial charge on any atom is -0.262 e. The van der Waals surface area contributed by atoms with Gasteiger partial charge in [0.15, 0.2) is 12.8 Å². The summed E-state index contributed by atoms with van der Waals surface area (Å²) in [4.78, 5) is 6.86. The Bertz CT molecular complexity index is 108. The SMILES string of the molecule is C1=CN=CC[NH+]=C1. The van der Waals surface area contributed by atoms with E-state index in [2.05, 4.69) is 9.98 Å². The van der Waals surface area contributed by atoms with E-state index in [1.54, 1.807) is 6.20 Å². The Hall–Kier alpha value is -0.920. The largest absolute Gasteiger partial charge is 0.262 e. The standard InChI is InChI=1S/C5H6N2/c1-2-6-4-5-7-3-1/h1-4H,5H2/p+1. The highest BCUT2D eigenvalue weighted by Gasteiger charge is 1.78. The zero-order valence-corrected chi connectivity index (χ0v) is 3.96. The molecular formula is C5H7N2+. The van der Waals surface area contributed by atoms with Crippen molar-refractivity contribution in [1.82, 2.24) is 0 Å². The molecule has 0 amide bonds. The van der Waals surface area contributed by atoms with Gasteiger partial charge in [-0.25, -0.2) is 4.99 Å². The molecule has 1 N–H and O–H groups in total. The van der Waals surface area contributed by atoms with Gasteiger partial charge in [0.25, 0.3) is 0 Å². The predicted octanol–water partition coefficient (Wildman–Crippen LogP) is -1.26. The molecule has 1 aliphatic heterocycles. The lowest BCUT2D eigenvalue weighted by Gasteiger charge is -1.64. The van der Waals surface area contributed by atoms with Crippen LogP contribution >= 0.6 is 0 Å². The monoisotopic (exact) mass is 95.1 g/mol. The number of allylic oxidation sites excluding steroid dienone is 1. The molecule has 0 aromatic carbocycles. The zero-order valence-electron chi connectivity index (χ0n) is 3.96. The molecule has 2 nitrogen and oxygen atoms in total. The maximum absolute atomic E-state index is 3.87. The average molecular weight is 95.1 g/mol. The predicted molar refractivity (Wildman–Crippen MR) is 29.5 cm³/mol. The Labute approximate surface area is 42.3 Å². The van der Waals surface area contributed by atoms with Crippen molar-refractivity contribution in [3.8, 4) is 0 Å². The smallest absolute Gasteiger partial charge is 0.176 e. The molecule has 36 valence electrons. The first-order valence-corrected chi connectivity index (χ1v) is 2.23. The van der Waals surface area contributed by atoms with Gasteiger partial charge in [0.05, 0.1) is 6.21 Å². The summed E-state index contributed by atoms with van der Waals surface area (Å²) in [6.07, 6.45) is 7.30. The molecule has 0 fully saturated rings. The van der Waals surface area contributed by atoms with Gasteiger partial charge in [-0.2, -0.15) is 0 Å². The number of hydrogen-bond donors (Lipinski definition) is 1. The zero-order chi connectivity index (χ0) is 4.95. The summed E-state index contributed by atoms with van der Waals surface area (Å²) in [6.45, 7) is 0.840. The third-order valence-electron chi connectivity index (χ3n) is 0.701. The third kappa shape index (κ3) is 1.30. The van der Waals surface area contributed by atoms with E-state index in [0.29, 0.717) is 0 Å². The molecule has 0 saturated carbocycles. The molecular weight excluding hydrogens is 88.1 g/mol. The van der Waals surface area contributed by atoms with Gasteiger partial charge in [0.1, 0.15) is 0 Å². The summed E-state index contributed by atoms with van der Waals surface area (Å²) in [5, 5.41) is 0. The van der Waals surface area contributed by atoms with Crippen molar-refractivity contribution in [2.24, 2.45) is 4.99 Å². The normalized spacial score (nSPS) is 17.1. The average Bonchev–Trinajstić information content (AvgIpc) is 1.90. The van der Waals surface area contributed by atoms with Crippen molar-refractivity contribution < 1.29 is 4.99 Å². The van der Waals surface area contributed by atoms with E-state index in [1.807, 2.05) is 18.5 Å². The molecule has 0 bridgehead atoms. The van der Waals surface area contributed by atoms with Crippen LogP contribution in [0.2, 0.25) is 0 Å². The van der Waals surface area contributed by atoms with Gasteiger partial charge >= 0.3 is 0 Å². The third-order valence-corrected chi connectivity index (χ3v) is 0.701. The summed E-state index contributed by atoms with van der Waals surface area (Å²) in [6, 6.07) is 0. The quantitative estimate of drug-likeness (QED) is 0.388. The Morgan fingerprint density at radius 1 is 1.57 bits per heavy atom. The molecule has 0 atom stereocenters. The highest BCUT2D eigenvalue weighted by Crippen LogP contribution is 1.66. The van der Waals surface area contributed by atoms with Crippen LogP contribution < -0.4 is 4.99 Å². The fourth-order valence-electron chi connectivity index (χ4n) is 0.395. The molecule has 1 heterocycles. The van der Waals surface area contributed by atoms with Gasteiger partial charge in [0.2, 0.25) is 0 Å². The Balaban J connectivity index is 2.60. The van der Waals surface area contributed by atoms with Gasteiger partial charge in [0, 0.05) is 12.3 Å². The van der Waals surface area contributed by atoms with Gasteiger partial charge in [-0.05, 0) is 0 Å². The van der Waals surface area contributed by atoms with Crippen LogP contribution in [0.3, 0.4) is 0 Å². The molecule has 0 saturated heterocycles. The lowest BCUT2D eigenvalue weighted by molar-refractivity contribution is -0.430. The second kappa shape index (κ2) is 2.29. The van der Waals surface area contributed by atoms with E-state index in [1.165, 1.54) is 0 Å². The van der Waals surface area contributed by atoms with Crippen LogP contribution in [0, 0.1) is 0 Å². The van der Waals surface area contributed by atoms with Crippen molar-refractivity contribution in [2.75, 3.05) is 6.54 Å². The van der Waals surface area contributed by atoms with E-state index < -0.39 is 0 Å². The fourth-order valence-corrected chi connectivity index (χ4v) is 0.395. The van der Waals surface area contributed by atoms with Gasteiger partial charge in [-0.1, -0.05) is 0 Å². The Morgan fingerprint density at radius 2 is 2.57 bits per heavy atom.